The van der Waals surface area contributed by atoms with Crippen LogP contribution in [0.1, 0.15) is 5.56 Å². The minimum absolute atomic E-state index is 0.111. The van der Waals surface area contributed by atoms with Crippen molar-refractivity contribution in [1.82, 2.24) is 4.90 Å². The average molecular weight is 304 g/mol. The van der Waals surface area contributed by atoms with Gasteiger partial charge in [-0.1, -0.05) is 41.9 Å². The Morgan fingerprint density at radius 3 is 2.57 bits per heavy atom. The van der Waals surface area contributed by atoms with E-state index in [1.807, 2.05) is 48.3 Å². The Morgan fingerprint density at radius 1 is 1.19 bits per heavy atom. The third-order valence-electron chi connectivity index (χ3n) is 3.06. The maximum Gasteiger partial charge on any atom is 0.238 e. The van der Waals surface area contributed by atoms with Gasteiger partial charge < -0.3 is 11.1 Å². The van der Waals surface area contributed by atoms with Crippen molar-refractivity contribution < 1.29 is 4.79 Å². The van der Waals surface area contributed by atoms with Gasteiger partial charge in [0.25, 0.3) is 0 Å². The number of likely N-dealkylation sites (N-methyl/N-ethyl adjacent to an activating group) is 1. The van der Waals surface area contributed by atoms with E-state index in [0.717, 1.165) is 11.3 Å². The Morgan fingerprint density at radius 2 is 1.86 bits per heavy atom. The van der Waals surface area contributed by atoms with E-state index in [-0.39, 0.29) is 12.5 Å². The third kappa shape index (κ3) is 4.48. The van der Waals surface area contributed by atoms with Crippen LogP contribution in [0.25, 0.3) is 0 Å². The molecule has 0 aromatic heterocycles. The van der Waals surface area contributed by atoms with Gasteiger partial charge in [-0.3, -0.25) is 9.69 Å². The number of benzene rings is 2. The van der Waals surface area contributed by atoms with E-state index in [1.165, 1.54) is 0 Å². The molecule has 0 bridgehead atoms. The molecule has 0 fully saturated rings. The summed E-state index contributed by atoms with van der Waals surface area (Å²) in [6, 6.07) is 14.8. The summed E-state index contributed by atoms with van der Waals surface area (Å²) in [4.78, 5) is 13.9. The molecule has 110 valence electrons. The molecule has 2 aromatic rings. The lowest BCUT2D eigenvalue weighted by Crippen LogP contribution is -2.30. The van der Waals surface area contributed by atoms with E-state index in [2.05, 4.69) is 5.32 Å². The summed E-state index contributed by atoms with van der Waals surface area (Å²) in [5.41, 5.74) is 8.26. The Kier molecular flexibility index (Phi) is 5.20. The van der Waals surface area contributed by atoms with Crippen molar-refractivity contribution in [3.8, 4) is 0 Å². The lowest BCUT2D eigenvalue weighted by Gasteiger charge is -2.17. The predicted octanol–water partition coefficient (Wildman–Crippen LogP) is 2.99. The standard InChI is InChI=1S/C16H18ClN3O/c1-20(10-12-6-2-4-8-14(12)18)11-16(21)19-15-9-5-3-7-13(15)17/h2-9H,10-11,18H2,1H3,(H,19,21). The lowest BCUT2D eigenvalue weighted by molar-refractivity contribution is -0.117. The van der Waals surface area contributed by atoms with E-state index in [4.69, 9.17) is 17.3 Å². The van der Waals surface area contributed by atoms with Crippen LogP contribution in [0.5, 0.6) is 0 Å². The molecule has 3 N–H and O–H groups in total. The van der Waals surface area contributed by atoms with Gasteiger partial charge in [0, 0.05) is 12.2 Å². The average Bonchev–Trinajstić information content (AvgIpc) is 2.44. The number of carbonyl (C=O) groups excluding carboxylic acids is 1. The van der Waals surface area contributed by atoms with E-state index < -0.39 is 0 Å². The molecule has 0 atom stereocenters. The molecule has 0 heterocycles. The molecular formula is C16H18ClN3O. The number of anilines is 2. The first kappa shape index (κ1) is 15.4. The molecule has 5 heteroatoms. The largest absolute Gasteiger partial charge is 0.398 e. The van der Waals surface area contributed by atoms with E-state index in [1.54, 1.807) is 12.1 Å². The second kappa shape index (κ2) is 7.11. The van der Waals surface area contributed by atoms with Gasteiger partial charge in [0.2, 0.25) is 5.91 Å². The summed E-state index contributed by atoms with van der Waals surface area (Å²) in [5.74, 6) is -0.111. The molecule has 0 aliphatic carbocycles. The fraction of sp³-hybridized carbons (Fsp3) is 0.188. The molecule has 1 amide bonds. The van der Waals surface area contributed by atoms with Crippen molar-refractivity contribution in [2.24, 2.45) is 0 Å². The molecule has 0 spiro atoms. The Bertz CT molecular complexity index is 630. The number of amides is 1. The molecule has 0 aliphatic heterocycles. The minimum atomic E-state index is -0.111. The number of para-hydroxylation sites is 2. The van der Waals surface area contributed by atoms with Gasteiger partial charge in [-0.25, -0.2) is 0 Å². The van der Waals surface area contributed by atoms with Crippen LogP contribution in [0.15, 0.2) is 48.5 Å². The molecule has 2 rings (SSSR count). The molecule has 4 nitrogen and oxygen atoms in total. The number of nitrogens with zero attached hydrogens (tertiary/aromatic N) is 1. The maximum absolute atomic E-state index is 12.0. The van der Waals surface area contributed by atoms with Crippen molar-refractivity contribution in [1.29, 1.82) is 0 Å². The quantitative estimate of drug-likeness (QED) is 0.835. The van der Waals surface area contributed by atoms with Gasteiger partial charge in [0.15, 0.2) is 0 Å². The van der Waals surface area contributed by atoms with Crippen LogP contribution < -0.4 is 11.1 Å². The Labute approximate surface area is 129 Å². The smallest absolute Gasteiger partial charge is 0.238 e. The molecule has 0 saturated carbocycles. The lowest BCUT2D eigenvalue weighted by atomic mass is 10.2. The molecular weight excluding hydrogens is 286 g/mol. The van der Waals surface area contributed by atoms with E-state index in [9.17, 15) is 4.79 Å². The van der Waals surface area contributed by atoms with Crippen LogP contribution in [-0.2, 0) is 11.3 Å². The number of halogens is 1. The highest BCUT2D eigenvalue weighted by molar-refractivity contribution is 6.33. The number of nitrogens with one attached hydrogen (secondary N) is 1. The van der Waals surface area contributed by atoms with Crippen LogP contribution in [0, 0.1) is 0 Å². The summed E-state index contributed by atoms with van der Waals surface area (Å²) >= 11 is 6.01. The number of hydrogen-bond acceptors (Lipinski definition) is 3. The van der Waals surface area contributed by atoms with Crippen molar-refractivity contribution in [2.75, 3.05) is 24.6 Å². The topological polar surface area (TPSA) is 58.4 Å². The second-order valence-corrected chi connectivity index (χ2v) is 5.31. The van der Waals surface area contributed by atoms with Gasteiger partial charge in [-0.05, 0) is 30.8 Å². The van der Waals surface area contributed by atoms with Crippen molar-refractivity contribution in [3.63, 3.8) is 0 Å². The molecule has 0 radical (unpaired) electrons. The number of nitrogens with two attached hydrogens (primary N) is 1. The SMILES string of the molecule is CN(CC(=O)Nc1ccccc1Cl)Cc1ccccc1N. The highest BCUT2D eigenvalue weighted by Gasteiger charge is 2.10. The van der Waals surface area contributed by atoms with Crippen molar-refractivity contribution >= 4 is 28.9 Å². The zero-order chi connectivity index (χ0) is 15.2. The van der Waals surface area contributed by atoms with E-state index in [0.29, 0.717) is 17.3 Å². The minimum Gasteiger partial charge on any atom is -0.398 e. The highest BCUT2D eigenvalue weighted by Crippen LogP contribution is 2.20. The highest BCUT2D eigenvalue weighted by atomic mass is 35.5. The summed E-state index contributed by atoms with van der Waals surface area (Å²) in [7, 11) is 1.87. The summed E-state index contributed by atoms with van der Waals surface area (Å²) in [5, 5.41) is 3.33. The predicted molar refractivity (Wildman–Crippen MR) is 87.3 cm³/mol. The van der Waals surface area contributed by atoms with Crippen LogP contribution in [0.4, 0.5) is 11.4 Å². The zero-order valence-corrected chi connectivity index (χ0v) is 12.6. The molecule has 0 unspecified atom stereocenters. The summed E-state index contributed by atoms with van der Waals surface area (Å²) in [6.45, 7) is 0.877. The summed E-state index contributed by atoms with van der Waals surface area (Å²) < 4.78 is 0. The number of hydrogen-bond donors (Lipinski definition) is 2. The van der Waals surface area contributed by atoms with Crippen LogP contribution in [0.3, 0.4) is 0 Å². The zero-order valence-electron chi connectivity index (χ0n) is 11.8. The van der Waals surface area contributed by atoms with Gasteiger partial charge >= 0.3 is 0 Å². The number of nitrogen functional groups attached to an aromatic ring is 1. The molecule has 21 heavy (non-hydrogen) atoms. The Hall–Kier alpha value is -2.04. The second-order valence-electron chi connectivity index (χ2n) is 4.90. The third-order valence-corrected chi connectivity index (χ3v) is 3.39. The summed E-state index contributed by atoms with van der Waals surface area (Å²) in [6.07, 6.45) is 0. The van der Waals surface area contributed by atoms with E-state index >= 15 is 0 Å². The monoisotopic (exact) mass is 303 g/mol. The number of rotatable bonds is 5. The van der Waals surface area contributed by atoms with Crippen LogP contribution in [-0.4, -0.2) is 24.4 Å². The molecule has 0 saturated heterocycles. The van der Waals surface area contributed by atoms with Crippen molar-refractivity contribution in [2.45, 2.75) is 6.54 Å². The van der Waals surface area contributed by atoms with Gasteiger partial charge in [0.1, 0.15) is 0 Å². The molecule has 2 aromatic carbocycles. The first-order valence-electron chi connectivity index (χ1n) is 6.62. The first-order valence-corrected chi connectivity index (χ1v) is 7.00. The fourth-order valence-corrected chi connectivity index (χ4v) is 2.21. The molecule has 0 aliphatic rings. The van der Waals surface area contributed by atoms with Crippen LogP contribution in [0.2, 0.25) is 5.02 Å². The maximum atomic E-state index is 12.0. The normalized spacial score (nSPS) is 10.6. The fourth-order valence-electron chi connectivity index (χ4n) is 2.02. The van der Waals surface area contributed by atoms with Gasteiger partial charge in [0.05, 0.1) is 17.3 Å². The number of carbonyl (C=O) groups is 1. The van der Waals surface area contributed by atoms with Gasteiger partial charge in [-0.2, -0.15) is 0 Å². The van der Waals surface area contributed by atoms with Crippen molar-refractivity contribution in [3.05, 3.63) is 59.1 Å². The Balaban J connectivity index is 1.91. The van der Waals surface area contributed by atoms with Gasteiger partial charge in [-0.15, -0.1) is 0 Å². The first-order chi connectivity index (χ1) is 10.1. The van der Waals surface area contributed by atoms with Crippen LogP contribution >= 0.6 is 11.6 Å².